The lowest BCUT2D eigenvalue weighted by atomic mass is 10.0. The molecule has 0 bridgehead atoms. The molecule has 0 aliphatic heterocycles. The van der Waals surface area contributed by atoms with Crippen molar-refractivity contribution in [2.45, 2.75) is 6.42 Å². The maximum absolute atomic E-state index is 12.4. The molecule has 4 aromatic rings. The summed E-state index contributed by atoms with van der Waals surface area (Å²) < 4.78 is 6.93. The summed E-state index contributed by atoms with van der Waals surface area (Å²) in [4.78, 5) is 16.9. The predicted octanol–water partition coefficient (Wildman–Crippen LogP) is 4.10. The summed E-state index contributed by atoms with van der Waals surface area (Å²) in [5, 5.41) is 2.17. The Morgan fingerprint density at radius 1 is 1.12 bits per heavy atom. The molecule has 0 unspecified atom stereocenters. The topological polar surface area (TPSA) is 44.1 Å². The maximum Gasteiger partial charge on any atom is 0.354 e. The maximum atomic E-state index is 12.4. The number of hydrogen-bond acceptors (Lipinski definition) is 3. The molecular formula is C21H18N2O2. The van der Waals surface area contributed by atoms with E-state index in [1.165, 1.54) is 7.11 Å². The number of hydrogen-bond donors (Lipinski definition) is 0. The first kappa shape index (κ1) is 15.4. The number of ether oxygens (including phenoxy) is 1. The largest absolute Gasteiger partial charge is 0.464 e. The van der Waals surface area contributed by atoms with E-state index in [2.05, 4.69) is 17.1 Å². The zero-order valence-corrected chi connectivity index (χ0v) is 14.2. The number of methoxy groups -OCH3 is 1. The number of nitrogens with zero attached hydrogens (tertiary/aromatic N) is 2. The van der Waals surface area contributed by atoms with Crippen molar-refractivity contribution in [3.63, 3.8) is 0 Å². The number of fused-ring (bicyclic) bond motifs is 2. The summed E-state index contributed by atoms with van der Waals surface area (Å²) in [6.45, 7) is 0. The number of aryl methyl sites for hydroxylation is 1. The highest BCUT2D eigenvalue weighted by atomic mass is 16.5. The molecule has 0 aliphatic carbocycles. The molecule has 0 radical (unpaired) electrons. The second-order valence-electron chi connectivity index (χ2n) is 6.11. The highest BCUT2D eigenvalue weighted by molar-refractivity contribution is 5.99. The summed E-state index contributed by atoms with van der Waals surface area (Å²) in [5.74, 6) is -0.317. The van der Waals surface area contributed by atoms with E-state index in [4.69, 9.17) is 4.74 Å². The van der Waals surface area contributed by atoms with Crippen molar-refractivity contribution in [1.29, 1.82) is 0 Å². The third-order valence-corrected chi connectivity index (χ3v) is 4.62. The molecule has 2 heterocycles. The van der Waals surface area contributed by atoms with Crippen LogP contribution < -0.4 is 0 Å². The summed E-state index contributed by atoms with van der Waals surface area (Å²) >= 11 is 0. The third-order valence-electron chi connectivity index (χ3n) is 4.62. The van der Waals surface area contributed by atoms with Crippen LogP contribution in [-0.4, -0.2) is 22.6 Å². The number of pyridine rings is 1. The molecule has 0 aliphatic rings. The SMILES string of the molecule is COC(=O)c1c(Cc2cnc3ccccc3c2)c2ccccc2n1C. The first-order chi connectivity index (χ1) is 12.2. The summed E-state index contributed by atoms with van der Waals surface area (Å²) in [5.41, 5.74) is 4.63. The van der Waals surface area contributed by atoms with Gasteiger partial charge in [-0.2, -0.15) is 0 Å². The van der Waals surface area contributed by atoms with Gasteiger partial charge in [-0.05, 0) is 29.3 Å². The van der Waals surface area contributed by atoms with Crippen molar-refractivity contribution in [2.24, 2.45) is 7.05 Å². The van der Waals surface area contributed by atoms with Gasteiger partial charge in [-0.1, -0.05) is 36.4 Å². The zero-order chi connectivity index (χ0) is 17.4. The minimum absolute atomic E-state index is 0.317. The van der Waals surface area contributed by atoms with E-state index >= 15 is 0 Å². The second-order valence-corrected chi connectivity index (χ2v) is 6.11. The van der Waals surface area contributed by atoms with Crippen molar-refractivity contribution in [3.05, 3.63) is 77.6 Å². The molecule has 0 N–H and O–H groups in total. The van der Waals surface area contributed by atoms with E-state index in [0.717, 1.165) is 32.9 Å². The number of benzene rings is 2. The van der Waals surface area contributed by atoms with Gasteiger partial charge in [-0.25, -0.2) is 4.79 Å². The molecule has 0 fully saturated rings. The van der Waals surface area contributed by atoms with Crippen molar-refractivity contribution >= 4 is 27.8 Å². The Labute approximate surface area is 145 Å². The molecule has 2 aromatic carbocycles. The second kappa shape index (κ2) is 6.06. The third kappa shape index (κ3) is 2.56. The Morgan fingerprint density at radius 3 is 2.72 bits per heavy atom. The van der Waals surface area contributed by atoms with Crippen LogP contribution in [0.25, 0.3) is 21.8 Å². The van der Waals surface area contributed by atoms with E-state index < -0.39 is 0 Å². The van der Waals surface area contributed by atoms with Crippen LogP contribution in [-0.2, 0) is 18.2 Å². The molecular weight excluding hydrogens is 312 g/mol. The first-order valence-electron chi connectivity index (χ1n) is 8.17. The Hall–Kier alpha value is -3.14. The van der Waals surface area contributed by atoms with Gasteiger partial charge in [-0.15, -0.1) is 0 Å². The van der Waals surface area contributed by atoms with Gasteiger partial charge < -0.3 is 9.30 Å². The Kier molecular flexibility index (Phi) is 3.73. The Morgan fingerprint density at radius 2 is 1.88 bits per heavy atom. The molecule has 4 rings (SSSR count). The van der Waals surface area contributed by atoms with Crippen LogP contribution >= 0.6 is 0 Å². The van der Waals surface area contributed by atoms with E-state index in [9.17, 15) is 4.79 Å². The normalized spacial score (nSPS) is 11.1. The van der Waals surface area contributed by atoms with Gasteiger partial charge in [0.25, 0.3) is 0 Å². The summed E-state index contributed by atoms with van der Waals surface area (Å²) in [6, 6.07) is 18.2. The number of para-hydroxylation sites is 2. The Balaban J connectivity index is 1.88. The van der Waals surface area contributed by atoms with Gasteiger partial charge in [0, 0.05) is 36.0 Å². The first-order valence-corrected chi connectivity index (χ1v) is 8.17. The monoisotopic (exact) mass is 330 g/mol. The molecule has 2 aromatic heterocycles. The average Bonchev–Trinajstić information content (AvgIpc) is 2.93. The predicted molar refractivity (Wildman–Crippen MR) is 98.8 cm³/mol. The molecule has 0 spiro atoms. The smallest absolute Gasteiger partial charge is 0.354 e. The van der Waals surface area contributed by atoms with Crippen LogP contribution in [0.2, 0.25) is 0 Å². The van der Waals surface area contributed by atoms with Crippen LogP contribution in [0.3, 0.4) is 0 Å². The van der Waals surface area contributed by atoms with Crippen molar-refractivity contribution in [2.75, 3.05) is 7.11 Å². The minimum Gasteiger partial charge on any atom is -0.464 e. The molecule has 0 amide bonds. The molecule has 4 heteroatoms. The lowest BCUT2D eigenvalue weighted by Crippen LogP contribution is -2.10. The number of rotatable bonds is 3. The number of carbonyl (C=O) groups excluding carboxylic acids is 1. The Bertz CT molecular complexity index is 1100. The van der Waals surface area contributed by atoms with Gasteiger partial charge in [0.15, 0.2) is 0 Å². The van der Waals surface area contributed by atoms with Crippen LogP contribution in [0.1, 0.15) is 21.6 Å². The quantitative estimate of drug-likeness (QED) is 0.531. The van der Waals surface area contributed by atoms with Gasteiger partial charge in [0.05, 0.1) is 12.6 Å². The van der Waals surface area contributed by atoms with Gasteiger partial charge in [0.1, 0.15) is 5.69 Å². The van der Waals surface area contributed by atoms with Gasteiger partial charge in [-0.3, -0.25) is 4.98 Å². The van der Waals surface area contributed by atoms with E-state index in [1.54, 1.807) is 0 Å². The standard InChI is InChI=1S/C21H18N2O2/c1-23-19-10-6-4-8-16(19)17(20(23)21(24)25-2)12-14-11-15-7-3-5-9-18(15)22-13-14/h3-11,13H,12H2,1-2H3. The minimum atomic E-state index is -0.317. The zero-order valence-electron chi connectivity index (χ0n) is 14.2. The fraction of sp³-hybridized carbons (Fsp3) is 0.143. The average molecular weight is 330 g/mol. The van der Waals surface area contributed by atoms with Crippen LogP contribution in [0.4, 0.5) is 0 Å². The van der Waals surface area contributed by atoms with E-state index in [1.807, 2.05) is 60.3 Å². The van der Waals surface area contributed by atoms with Crippen molar-refractivity contribution in [3.8, 4) is 0 Å². The summed E-state index contributed by atoms with van der Waals surface area (Å²) in [7, 11) is 3.32. The highest BCUT2D eigenvalue weighted by Gasteiger charge is 2.21. The number of esters is 1. The van der Waals surface area contributed by atoms with Gasteiger partial charge >= 0.3 is 5.97 Å². The molecule has 25 heavy (non-hydrogen) atoms. The van der Waals surface area contributed by atoms with Gasteiger partial charge in [0.2, 0.25) is 0 Å². The lowest BCUT2D eigenvalue weighted by molar-refractivity contribution is 0.0589. The van der Waals surface area contributed by atoms with Crippen molar-refractivity contribution < 1.29 is 9.53 Å². The van der Waals surface area contributed by atoms with E-state index in [0.29, 0.717) is 12.1 Å². The highest BCUT2D eigenvalue weighted by Crippen LogP contribution is 2.28. The molecule has 124 valence electrons. The molecule has 0 saturated heterocycles. The van der Waals surface area contributed by atoms with Crippen LogP contribution in [0.15, 0.2) is 60.8 Å². The lowest BCUT2D eigenvalue weighted by Gasteiger charge is -2.07. The number of aromatic nitrogens is 2. The van der Waals surface area contributed by atoms with Crippen molar-refractivity contribution in [1.82, 2.24) is 9.55 Å². The van der Waals surface area contributed by atoms with E-state index in [-0.39, 0.29) is 5.97 Å². The van der Waals surface area contributed by atoms with Crippen LogP contribution in [0, 0.1) is 0 Å². The van der Waals surface area contributed by atoms with Crippen LogP contribution in [0.5, 0.6) is 0 Å². The molecule has 0 atom stereocenters. The molecule has 0 saturated carbocycles. The fourth-order valence-electron chi connectivity index (χ4n) is 3.42. The molecule has 4 nitrogen and oxygen atoms in total. The fourth-order valence-corrected chi connectivity index (χ4v) is 3.42. The summed E-state index contributed by atoms with van der Waals surface area (Å²) in [6.07, 6.45) is 2.51. The number of carbonyl (C=O) groups is 1.